The quantitative estimate of drug-likeness (QED) is 0.603. The number of esters is 1. The minimum absolute atomic E-state index is 0.364. The zero-order valence-electron chi connectivity index (χ0n) is 9.91. The van der Waals surface area contributed by atoms with Crippen molar-refractivity contribution in [1.82, 2.24) is 9.78 Å². The van der Waals surface area contributed by atoms with E-state index in [1.807, 2.05) is 20.2 Å². The van der Waals surface area contributed by atoms with Crippen LogP contribution in [-0.2, 0) is 16.6 Å². The van der Waals surface area contributed by atoms with Crippen molar-refractivity contribution in [1.29, 1.82) is 0 Å². The molecule has 0 amide bonds. The normalized spacial score (nSPS) is 9.94. The molecule has 0 spiro atoms. The Bertz CT molecular complexity index is 396. The van der Waals surface area contributed by atoms with Gasteiger partial charge in [0.15, 0.2) is 0 Å². The van der Waals surface area contributed by atoms with Crippen molar-refractivity contribution in [2.24, 2.45) is 7.05 Å². The highest BCUT2D eigenvalue weighted by Crippen LogP contribution is 2.11. The van der Waals surface area contributed by atoms with Crippen molar-refractivity contribution in [2.45, 2.75) is 13.8 Å². The molecule has 1 aromatic rings. The topological polar surface area (TPSA) is 56.2 Å². The summed E-state index contributed by atoms with van der Waals surface area (Å²) in [5, 5.41) is 7.27. The number of ether oxygens (including phenoxy) is 1. The van der Waals surface area contributed by atoms with Gasteiger partial charge in [-0.1, -0.05) is 6.58 Å². The first-order chi connectivity index (χ1) is 7.54. The van der Waals surface area contributed by atoms with E-state index in [2.05, 4.69) is 17.0 Å². The maximum Gasteiger partial charge on any atom is 0.335 e. The summed E-state index contributed by atoms with van der Waals surface area (Å²) in [6, 6.07) is 0. The van der Waals surface area contributed by atoms with Gasteiger partial charge in [0.05, 0.1) is 18.0 Å². The molecule has 1 N–H and O–H groups in total. The standard InChI is InChI=1S/C11H17N3O2/c1-5-16-11(15)8(2)6-12-10-7-14(4)13-9(10)3/h7,12H,2,5-6H2,1,3-4H3. The van der Waals surface area contributed by atoms with Crippen LogP contribution in [0.2, 0.25) is 0 Å². The molecule has 0 atom stereocenters. The number of aromatic nitrogens is 2. The predicted molar refractivity (Wildman–Crippen MR) is 62.2 cm³/mol. The smallest absolute Gasteiger partial charge is 0.335 e. The van der Waals surface area contributed by atoms with Crippen LogP contribution in [0, 0.1) is 6.92 Å². The first kappa shape index (κ1) is 12.3. The molecule has 0 unspecified atom stereocenters. The van der Waals surface area contributed by atoms with E-state index < -0.39 is 0 Å². The van der Waals surface area contributed by atoms with E-state index in [4.69, 9.17) is 4.74 Å². The van der Waals surface area contributed by atoms with E-state index in [-0.39, 0.29) is 5.97 Å². The largest absolute Gasteiger partial charge is 0.463 e. The monoisotopic (exact) mass is 223 g/mol. The van der Waals surface area contributed by atoms with Crippen molar-refractivity contribution in [3.05, 3.63) is 24.0 Å². The fourth-order valence-corrected chi connectivity index (χ4v) is 1.28. The lowest BCUT2D eigenvalue weighted by molar-refractivity contribution is -0.138. The molecule has 0 saturated heterocycles. The maximum atomic E-state index is 11.3. The number of anilines is 1. The summed E-state index contributed by atoms with van der Waals surface area (Å²) < 4.78 is 6.54. The third-order valence-corrected chi connectivity index (χ3v) is 2.07. The SMILES string of the molecule is C=C(CNc1cn(C)nc1C)C(=O)OCC. The van der Waals surface area contributed by atoms with Gasteiger partial charge in [-0.3, -0.25) is 4.68 Å². The molecule has 0 aliphatic carbocycles. The van der Waals surface area contributed by atoms with Crippen LogP contribution in [0.15, 0.2) is 18.3 Å². The molecule has 0 bridgehead atoms. The summed E-state index contributed by atoms with van der Waals surface area (Å²) in [4.78, 5) is 11.3. The second-order valence-electron chi connectivity index (χ2n) is 3.48. The molecule has 5 nitrogen and oxygen atoms in total. The minimum atomic E-state index is -0.364. The Kier molecular flexibility index (Phi) is 4.10. The third-order valence-electron chi connectivity index (χ3n) is 2.07. The van der Waals surface area contributed by atoms with Gasteiger partial charge in [-0.2, -0.15) is 5.10 Å². The Hall–Kier alpha value is -1.78. The number of aryl methyl sites for hydroxylation is 2. The lowest BCUT2D eigenvalue weighted by atomic mass is 10.3. The zero-order chi connectivity index (χ0) is 12.1. The summed E-state index contributed by atoms with van der Waals surface area (Å²) in [7, 11) is 1.85. The first-order valence-electron chi connectivity index (χ1n) is 5.13. The number of nitrogens with one attached hydrogen (secondary N) is 1. The summed E-state index contributed by atoms with van der Waals surface area (Å²) in [6.45, 7) is 8.06. The Balaban J connectivity index is 2.49. The Morgan fingerprint density at radius 1 is 1.69 bits per heavy atom. The highest BCUT2D eigenvalue weighted by atomic mass is 16.5. The van der Waals surface area contributed by atoms with Crippen LogP contribution < -0.4 is 5.32 Å². The Labute approximate surface area is 95.1 Å². The van der Waals surface area contributed by atoms with Crippen LogP contribution in [-0.4, -0.2) is 28.9 Å². The third kappa shape index (κ3) is 3.12. The highest BCUT2D eigenvalue weighted by molar-refractivity contribution is 5.88. The van der Waals surface area contributed by atoms with Crippen molar-refractivity contribution < 1.29 is 9.53 Å². The number of carbonyl (C=O) groups is 1. The van der Waals surface area contributed by atoms with E-state index in [1.165, 1.54) is 0 Å². The molecule has 5 heteroatoms. The molecule has 88 valence electrons. The Morgan fingerprint density at radius 2 is 2.38 bits per heavy atom. The van der Waals surface area contributed by atoms with Crippen molar-refractivity contribution in [2.75, 3.05) is 18.5 Å². The van der Waals surface area contributed by atoms with Crippen LogP contribution in [0.4, 0.5) is 5.69 Å². The van der Waals surface area contributed by atoms with Crippen LogP contribution in [0.3, 0.4) is 0 Å². The van der Waals surface area contributed by atoms with Crippen LogP contribution in [0.5, 0.6) is 0 Å². The van der Waals surface area contributed by atoms with Crippen molar-refractivity contribution in [3.8, 4) is 0 Å². The van der Waals surface area contributed by atoms with E-state index in [1.54, 1.807) is 11.6 Å². The number of carbonyl (C=O) groups excluding carboxylic acids is 1. The molecule has 0 fully saturated rings. The second kappa shape index (κ2) is 5.34. The molecule has 1 heterocycles. The summed E-state index contributed by atoms with van der Waals surface area (Å²) in [6.07, 6.45) is 1.85. The van der Waals surface area contributed by atoms with Crippen LogP contribution in [0.25, 0.3) is 0 Å². The molecule has 0 radical (unpaired) electrons. The van der Waals surface area contributed by atoms with Crippen molar-refractivity contribution >= 4 is 11.7 Å². The van der Waals surface area contributed by atoms with Gasteiger partial charge in [-0.25, -0.2) is 4.79 Å². The van der Waals surface area contributed by atoms with Gasteiger partial charge in [0.25, 0.3) is 0 Å². The number of hydrogen-bond acceptors (Lipinski definition) is 4. The molecular weight excluding hydrogens is 206 g/mol. The predicted octanol–water partition coefficient (Wildman–Crippen LogP) is 1.26. The summed E-state index contributed by atoms with van der Waals surface area (Å²) >= 11 is 0. The lowest BCUT2D eigenvalue weighted by Gasteiger charge is -2.06. The molecule has 1 rings (SSSR count). The average Bonchev–Trinajstić information content (AvgIpc) is 2.54. The molecule has 0 saturated carbocycles. The summed E-state index contributed by atoms with van der Waals surface area (Å²) in [5.41, 5.74) is 2.19. The molecule has 0 aliphatic rings. The number of nitrogens with zero attached hydrogens (tertiary/aromatic N) is 2. The molecule has 1 aromatic heterocycles. The lowest BCUT2D eigenvalue weighted by Crippen LogP contribution is -2.14. The van der Waals surface area contributed by atoms with Gasteiger partial charge < -0.3 is 10.1 Å². The molecular formula is C11H17N3O2. The van der Waals surface area contributed by atoms with Crippen LogP contribution in [0.1, 0.15) is 12.6 Å². The Morgan fingerprint density at radius 3 is 2.88 bits per heavy atom. The highest BCUT2D eigenvalue weighted by Gasteiger charge is 2.08. The van der Waals surface area contributed by atoms with E-state index in [0.29, 0.717) is 18.7 Å². The fourth-order valence-electron chi connectivity index (χ4n) is 1.28. The van der Waals surface area contributed by atoms with Gasteiger partial charge in [0.2, 0.25) is 0 Å². The molecule has 0 aromatic carbocycles. The van der Waals surface area contributed by atoms with Gasteiger partial charge >= 0.3 is 5.97 Å². The van der Waals surface area contributed by atoms with Gasteiger partial charge in [-0.15, -0.1) is 0 Å². The number of rotatable bonds is 5. The van der Waals surface area contributed by atoms with Gasteiger partial charge in [0.1, 0.15) is 0 Å². The van der Waals surface area contributed by atoms with E-state index in [0.717, 1.165) is 11.4 Å². The van der Waals surface area contributed by atoms with Gasteiger partial charge in [-0.05, 0) is 13.8 Å². The zero-order valence-corrected chi connectivity index (χ0v) is 9.91. The van der Waals surface area contributed by atoms with E-state index in [9.17, 15) is 4.79 Å². The summed E-state index contributed by atoms with van der Waals surface area (Å²) in [5.74, 6) is -0.364. The minimum Gasteiger partial charge on any atom is -0.463 e. The maximum absolute atomic E-state index is 11.3. The fraction of sp³-hybridized carbons (Fsp3) is 0.455. The molecule has 0 aliphatic heterocycles. The van der Waals surface area contributed by atoms with E-state index >= 15 is 0 Å². The second-order valence-corrected chi connectivity index (χ2v) is 3.48. The molecule has 16 heavy (non-hydrogen) atoms. The van der Waals surface area contributed by atoms with Crippen molar-refractivity contribution in [3.63, 3.8) is 0 Å². The number of hydrogen-bond donors (Lipinski definition) is 1. The van der Waals surface area contributed by atoms with Crippen LogP contribution >= 0.6 is 0 Å². The first-order valence-corrected chi connectivity index (χ1v) is 5.13. The van der Waals surface area contributed by atoms with Gasteiger partial charge in [0, 0.05) is 25.4 Å². The average molecular weight is 223 g/mol.